The van der Waals surface area contributed by atoms with Gasteiger partial charge in [0.25, 0.3) is 5.91 Å². The molecule has 0 bridgehead atoms. The average Bonchev–Trinajstić information content (AvgIpc) is 2.42. The fourth-order valence-corrected chi connectivity index (χ4v) is 2.75. The summed E-state index contributed by atoms with van der Waals surface area (Å²) < 4.78 is 1.04. The Kier molecular flexibility index (Phi) is 7.00. The number of carbonyl (C=O) groups excluding carboxylic acids is 1. The quantitative estimate of drug-likeness (QED) is 0.867. The summed E-state index contributed by atoms with van der Waals surface area (Å²) in [5, 5.41) is 6.51. The SMILES string of the molecule is Cc1cc(C(=O)NC(C)C2CCCNC2)ccc1Br.Cl. The largest absolute Gasteiger partial charge is 0.349 e. The van der Waals surface area contributed by atoms with Crippen molar-refractivity contribution in [2.75, 3.05) is 13.1 Å². The van der Waals surface area contributed by atoms with Gasteiger partial charge in [-0.1, -0.05) is 15.9 Å². The molecule has 1 fully saturated rings. The van der Waals surface area contributed by atoms with Crippen molar-refractivity contribution in [3.05, 3.63) is 33.8 Å². The third-order valence-electron chi connectivity index (χ3n) is 3.82. The zero-order valence-corrected chi connectivity index (χ0v) is 14.3. The van der Waals surface area contributed by atoms with E-state index in [0.29, 0.717) is 5.92 Å². The first kappa shape index (κ1) is 17.5. The Bertz CT molecular complexity index is 461. The minimum Gasteiger partial charge on any atom is -0.349 e. The van der Waals surface area contributed by atoms with Gasteiger partial charge in [0.2, 0.25) is 0 Å². The molecule has 1 aromatic carbocycles. The lowest BCUT2D eigenvalue weighted by molar-refractivity contribution is 0.0922. The predicted octanol–water partition coefficient (Wildman–Crippen LogP) is 3.30. The van der Waals surface area contributed by atoms with Gasteiger partial charge in [0.15, 0.2) is 0 Å². The molecule has 112 valence electrons. The molecule has 0 radical (unpaired) electrons. The Balaban J connectivity index is 0.00000200. The summed E-state index contributed by atoms with van der Waals surface area (Å²) in [6, 6.07) is 5.92. The first-order chi connectivity index (χ1) is 9.08. The normalized spacial score (nSPS) is 19.9. The highest BCUT2D eigenvalue weighted by Crippen LogP contribution is 2.18. The Labute approximate surface area is 135 Å². The van der Waals surface area contributed by atoms with Crippen molar-refractivity contribution in [2.45, 2.75) is 32.7 Å². The molecule has 0 saturated carbocycles. The maximum Gasteiger partial charge on any atom is 0.251 e. The van der Waals surface area contributed by atoms with Crippen molar-refractivity contribution in [3.63, 3.8) is 0 Å². The van der Waals surface area contributed by atoms with E-state index >= 15 is 0 Å². The van der Waals surface area contributed by atoms with Crippen molar-refractivity contribution in [1.29, 1.82) is 0 Å². The van der Waals surface area contributed by atoms with Gasteiger partial charge in [0.05, 0.1) is 0 Å². The molecular weight excluding hydrogens is 340 g/mol. The van der Waals surface area contributed by atoms with Crippen LogP contribution in [0.15, 0.2) is 22.7 Å². The summed E-state index contributed by atoms with van der Waals surface area (Å²) in [5.41, 5.74) is 1.82. The molecule has 5 heteroatoms. The standard InChI is InChI=1S/C15H21BrN2O.ClH/c1-10-8-12(5-6-14(10)16)15(19)18-11(2)13-4-3-7-17-9-13;/h5-6,8,11,13,17H,3-4,7,9H2,1-2H3,(H,18,19);1H. The second-order valence-corrected chi connectivity index (χ2v) is 6.19. The molecule has 1 aromatic rings. The number of nitrogens with one attached hydrogen (secondary N) is 2. The second kappa shape index (κ2) is 8.01. The smallest absolute Gasteiger partial charge is 0.251 e. The number of halogens is 2. The van der Waals surface area contributed by atoms with E-state index in [9.17, 15) is 4.79 Å². The minimum absolute atomic E-state index is 0. The van der Waals surface area contributed by atoms with Crippen LogP contribution in [0.5, 0.6) is 0 Å². The molecule has 2 unspecified atom stereocenters. The maximum absolute atomic E-state index is 12.2. The summed E-state index contributed by atoms with van der Waals surface area (Å²) in [7, 11) is 0. The zero-order valence-electron chi connectivity index (χ0n) is 11.9. The highest BCUT2D eigenvalue weighted by molar-refractivity contribution is 9.10. The third-order valence-corrected chi connectivity index (χ3v) is 4.71. The number of amides is 1. The molecule has 3 nitrogen and oxygen atoms in total. The second-order valence-electron chi connectivity index (χ2n) is 5.33. The summed E-state index contributed by atoms with van der Waals surface area (Å²) in [4.78, 5) is 12.2. The highest BCUT2D eigenvalue weighted by Gasteiger charge is 2.21. The zero-order chi connectivity index (χ0) is 13.8. The van der Waals surface area contributed by atoms with Crippen molar-refractivity contribution in [3.8, 4) is 0 Å². The van der Waals surface area contributed by atoms with E-state index in [0.717, 1.165) is 28.7 Å². The number of benzene rings is 1. The van der Waals surface area contributed by atoms with E-state index in [2.05, 4.69) is 33.5 Å². The molecule has 1 saturated heterocycles. The van der Waals surface area contributed by atoms with E-state index in [1.54, 1.807) is 0 Å². The van der Waals surface area contributed by atoms with Crippen molar-refractivity contribution < 1.29 is 4.79 Å². The van der Waals surface area contributed by atoms with Crippen LogP contribution in [0, 0.1) is 12.8 Å². The average molecular weight is 362 g/mol. The van der Waals surface area contributed by atoms with Crippen LogP contribution in [-0.2, 0) is 0 Å². The monoisotopic (exact) mass is 360 g/mol. The summed E-state index contributed by atoms with van der Waals surface area (Å²) in [6.45, 7) is 6.19. The van der Waals surface area contributed by atoms with Gasteiger partial charge in [-0.25, -0.2) is 0 Å². The van der Waals surface area contributed by atoms with Crippen LogP contribution in [-0.4, -0.2) is 25.0 Å². The van der Waals surface area contributed by atoms with Crippen molar-refractivity contribution >= 4 is 34.2 Å². The lowest BCUT2D eigenvalue weighted by Crippen LogP contribution is -2.44. The number of rotatable bonds is 3. The van der Waals surface area contributed by atoms with Crippen LogP contribution in [0.2, 0.25) is 0 Å². The minimum atomic E-state index is 0. The molecule has 20 heavy (non-hydrogen) atoms. The molecule has 1 aliphatic rings. The van der Waals surface area contributed by atoms with Crippen LogP contribution in [0.1, 0.15) is 35.7 Å². The van der Waals surface area contributed by atoms with Crippen LogP contribution in [0.25, 0.3) is 0 Å². The molecule has 1 heterocycles. The van der Waals surface area contributed by atoms with E-state index in [4.69, 9.17) is 0 Å². The molecular formula is C15H22BrClN2O. The summed E-state index contributed by atoms with van der Waals surface area (Å²) >= 11 is 3.45. The van der Waals surface area contributed by atoms with Crippen molar-refractivity contribution in [2.24, 2.45) is 5.92 Å². The molecule has 2 rings (SSSR count). The molecule has 1 aliphatic heterocycles. The van der Waals surface area contributed by atoms with Crippen LogP contribution in [0.4, 0.5) is 0 Å². The van der Waals surface area contributed by atoms with Gasteiger partial charge in [-0.15, -0.1) is 12.4 Å². The van der Waals surface area contributed by atoms with Crippen molar-refractivity contribution in [1.82, 2.24) is 10.6 Å². The predicted molar refractivity (Wildman–Crippen MR) is 88.6 cm³/mol. The number of hydrogen-bond acceptors (Lipinski definition) is 2. The van der Waals surface area contributed by atoms with Crippen LogP contribution in [0.3, 0.4) is 0 Å². The number of aryl methyl sites for hydroxylation is 1. The van der Waals surface area contributed by atoms with Crippen LogP contribution >= 0.6 is 28.3 Å². The van der Waals surface area contributed by atoms with Gasteiger partial charge in [-0.05, 0) is 69.5 Å². The van der Waals surface area contributed by atoms with Gasteiger partial charge in [0.1, 0.15) is 0 Å². The first-order valence-corrected chi connectivity index (χ1v) is 7.65. The summed E-state index contributed by atoms with van der Waals surface area (Å²) in [6.07, 6.45) is 2.39. The van der Waals surface area contributed by atoms with Gasteiger partial charge in [-0.3, -0.25) is 4.79 Å². The maximum atomic E-state index is 12.2. The Morgan fingerprint density at radius 2 is 2.25 bits per heavy atom. The van der Waals surface area contributed by atoms with Gasteiger partial charge < -0.3 is 10.6 Å². The summed E-state index contributed by atoms with van der Waals surface area (Å²) in [5.74, 6) is 0.558. The van der Waals surface area contributed by atoms with Gasteiger partial charge >= 0.3 is 0 Å². The fraction of sp³-hybridized carbons (Fsp3) is 0.533. The topological polar surface area (TPSA) is 41.1 Å². The Morgan fingerprint density at radius 3 is 2.85 bits per heavy atom. The fourth-order valence-electron chi connectivity index (χ4n) is 2.50. The highest BCUT2D eigenvalue weighted by atomic mass is 79.9. The molecule has 0 aromatic heterocycles. The molecule has 1 amide bonds. The number of hydrogen-bond donors (Lipinski definition) is 2. The van der Waals surface area contributed by atoms with Crippen LogP contribution < -0.4 is 10.6 Å². The molecule has 0 aliphatic carbocycles. The third kappa shape index (κ3) is 4.47. The number of piperidine rings is 1. The van der Waals surface area contributed by atoms with E-state index in [-0.39, 0.29) is 24.4 Å². The lowest BCUT2D eigenvalue weighted by Gasteiger charge is -2.29. The lowest BCUT2D eigenvalue weighted by atomic mass is 9.92. The molecule has 2 atom stereocenters. The molecule has 2 N–H and O–H groups in total. The van der Waals surface area contributed by atoms with E-state index < -0.39 is 0 Å². The van der Waals surface area contributed by atoms with Gasteiger partial charge in [-0.2, -0.15) is 0 Å². The van der Waals surface area contributed by atoms with E-state index in [1.165, 1.54) is 12.8 Å². The van der Waals surface area contributed by atoms with Gasteiger partial charge in [0, 0.05) is 16.1 Å². The Morgan fingerprint density at radius 1 is 1.50 bits per heavy atom. The molecule has 0 spiro atoms. The Hall–Kier alpha value is -0.580. The first-order valence-electron chi connectivity index (χ1n) is 6.85. The number of carbonyl (C=O) groups is 1. The van der Waals surface area contributed by atoms with E-state index in [1.807, 2.05) is 25.1 Å².